The van der Waals surface area contributed by atoms with Crippen LogP contribution in [0.3, 0.4) is 0 Å². The van der Waals surface area contributed by atoms with Crippen molar-refractivity contribution in [2.24, 2.45) is 0 Å². The Morgan fingerprint density at radius 3 is 2.58 bits per heavy atom. The molecule has 19 heavy (non-hydrogen) atoms. The molecule has 0 aliphatic rings. The van der Waals surface area contributed by atoms with E-state index >= 15 is 0 Å². The highest BCUT2D eigenvalue weighted by atomic mass is 35.5. The van der Waals surface area contributed by atoms with Crippen LogP contribution in [0.4, 0.5) is 5.69 Å². The molecule has 0 heterocycles. The predicted molar refractivity (Wildman–Crippen MR) is 80.1 cm³/mol. The highest BCUT2D eigenvalue weighted by Crippen LogP contribution is 2.22. The lowest BCUT2D eigenvalue weighted by molar-refractivity contribution is 0.0986. The molecule has 2 aromatic carbocycles. The van der Waals surface area contributed by atoms with Gasteiger partial charge >= 0.3 is 0 Å². The van der Waals surface area contributed by atoms with Gasteiger partial charge in [-0.15, -0.1) is 0 Å². The zero-order chi connectivity index (χ0) is 13.7. The summed E-state index contributed by atoms with van der Waals surface area (Å²) in [4.78, 5) is 11.9. The summed E-state index contributed by atoms with van der Waals surface area (Å²) in [5.41, 5.74) is 2.75. The maximum atomic E-state index is 11.9. The van der Waals surface area contributed by atoms with E-state index in [1.165, 1.54) is 0 Å². The highest BCUT2D eigenvalue weighted by Gasteiger charge is 2.05. The molecule has 1 N–H and O–H groups in total. The van der Waals surface area contributed by atoms with Gasteiger partial charge in [0, 0.05) is 29.2 Å². The first-order valence-corrected chi connectivity index (χ1v) is 6.63. The SMILES string of the molecule is Cc1c(Cl)cccc1NCCC(=O)c1ccccc1. The molecule has 98 valence electrons. The van der Waals surface area contributed by atoms with Gasteiger partial charge in [0.05, 0.1) is 0 Å². The minimum Gasteiger partial charge on any atom is -0.384 e. The fourth-order valence-electron chi connectivity index (χ4n) is 1.88. The van der Waals surface area contributed by atoms with Crippen molar-refractivity contribution in [1.82, 2.24) is 0 Å². The summed E-state index contributed by atoms with van der Waals surface area (Å²) in [5, 5.41) is 3.98. The van der Waals surface area contributed by atoms with Crippen LogP contribution < -0.4 is 5.32 Å². The van der Waals surface area contributed by atoms with Crippen molar-refractivity contribution in [3.63, 3.8) is 0 Å². The van der Waals surface area contributed by atoms with E-state index in [4.69, 9.17) is 11.6 Å². The van der Waals surface area contributed by atoms with Gasteiger partial charge in [0.2, 0.25) is 0 Å². The number of carbonyl (C=O) groups excluding carboxylic acids is 1. The lowest BCUT2D eigenvalue weighted by atomic mass is 10.1. The molecule has 0 spiro atoms. The first-order chi connectivity index (χ1) is 9.18. The van der Waals surface area contributed by atoms with Crippen LogP contribution in [0.25, 0.3) is 0 Å². The smallest absolute Gasteiger partial charge is 0.164 e. The number of halogens is 1. The molecule has 0 aliphatic carbocycles. The van der Waals surface area contributed by atoms with E-state index in [1.807, 2.05) is 55.5 Å². The average Bonchev–Trinajstić information content (AvgIpc) is 2.44. The summed E-state index contributed by atoms with van der Waals surface area (Å²) < 4.78 is 0. The van der Waals surface area contributed by atoms with Gasteiger partial charge in [-0.05, 0) is 24.6 Å². The second-order valence-electron chi connectivity index (χ2n) is 4.38. The molecule has 0 fully saturated rings. The van der Waals surface area contributed by atoms with Crippen LogP contribution in [0.2, 0.25) is 5.02 Å². The van der Waals surface area contributed by atoms with E-state index in [0.717, 1.165) is 21.8 Å². The fourth-order valence-corrected chi connectivity index (χ4v) is 2.05. The van der Waals surface area contributed by atoms with E-state index in [-0.39, 0.29) is 5.78 Å². The quantitative estimate of drug-likeness (QED) is 0.822. The van der Waals surface area contributed by atoms with Gasteiger partial charge in [0.1, 0.15) is 0 Å². The topological polar surface area (TPSA) is 29.1 Å². The Balaban J connectivity index is 1.90. The van der Waals surface area contributed by atoms with Crippen LogP contribution in [-0.2, 0) is 0 Å². The van der Waals surface area contributed by atoms with Gasteiger partial charge in [0.15, 0.2) is 5.78 Å². The number of benzene rings is 2. The van der Waals surface area contributed by atoms with Crippen molar-refractivity contribution in [2.45, 2.75) is 13.3 Å². The maximum Gasteiger partial charge on any atom is 0.164 e. The Labute approximate surface area is 118 Å². The van der Waals surface area contributed by atoms with E-state index in [1.54, 1.807) is 0 Å². The molecule has 0 saturated carbocycles. The molecular formula is C16H16ClNO. The molecule has 3 heteroatoms. The zero-order valence-electron chi connectivity index (χ0n) is 10.8. The summed E-state index contributed by atoms with van der Waals surface area (Å²) in [5.74, 6) is 0.146. The number of hydrogen-bond donors (Lipinski definition) is 1. The van der Waals surface area contributed by atoms with Crippen LogP contribution in [0.15, 0.2) is 48.5 Å². The lowest BCUT2D eigenvalue weighted by Crippen LogP contribution is -2.09. The van der Waals surface area contributed by atoms with E-state index in [9.17, 15) is 4.79 Å². The summed E-state index contributed by atoms with van der Waals surface area (Å²) in [6, 6.07) is 15.1. The monoisotopic (exact) mass is 273 g/mol. The third-order valence-corrected chi connectivity index (χ3v) is 3.44. The third-order valence-electron chi connectivity index (χ3n) is 3.03. The first kappa shape index (κ1) is 13.6. The summed E-state index contributed by atoms with van der Waals surface area (Å²) in [6.07, 6.45) is 0.468. The Morgan fingerprint density at radius 1 is 1.11 bits per heavy atom. The van der Waals surface area contributed by atoms with Crippen molar-refractivity contribution < 1.29 is 4.79 Å². The molecule has 0 aliphatic heterocycles. The number of ketones is 1. The minimum absolute atomic E-state index is 0.146. The Hall–Kier alpha value is -1.80. The molecule has 2 rings (SSSR count). The number of Topliss-reactive ketones (excluding diaryl/α,β-unsaturated/α-hetero) is 1. The maximum absolute atomic E-state index is 11.9. The van der Waals surface area contributed by atoms with Crippen molar-refractivity contribution in [3.05, 3.63) is 64.7 Å². The lowest BCUT2D eigenvalue weighted by Gasteiger charge is -2.10. The molecule has 2 aromatic rings. The van der Waals surface area contributed by atoms with Gasteiger partial charge in [-0.3, -0.25) is 4.79 Å². The average molecular weight is 274 g/mol. The minimum atomic E-state index is 0.146. The molecule has 0 aromatic heterocycles. The Morgan fingerprint density at radius 2 is 1.84 bits per heavy atom. The van der Waals surface area contributed by atoms with Crippen LogP contribution in [-0.4, -0.2) is 12.3 Å². The molecule has 0 amide bonds. The number of anilines is 1. The second-order valence-corrected chi connectivity index (χ2v) is 4.79. The van der Waals surface area contributed by atoms with E-state index in [0.29, 0.717) is 13.0 Å². The molecule has 2 nitrogen and oxygen atoms in total. The number of rotatable bonds is 5. The van der Waals surface area contributed by atoms with Gasteiger partial charge < -0.3 is 5.32 Å². The Kier molecular flexibility index (Phi) is 4.58. The Bertz CT molecular complexity index is 566. The third kappa shape index (κ3) is 3.58. The van der Waals surface area contributed by atoms with Gasteiger partial charge in [-0.25, -0.2) is 0 Å². The van der Waals surface area contributed by atoms with Crippen molar-refractivity contribution in [3.8, 4) is 0 Å². The molecule has 0 unspecified atom stereocenters. The van der Waals surface area contributed by atoms with Gasteiger partial charge in [0.25, 0.3) is 0 Å². The number of hydrogen-bond acceptors (Lipinski definition) is 2. The van der Waals surface area contributed by atoms with E-state index in [2.05, 4.69) is 5.32 Å². The normalized spacial score (nSPS) is 10.2. The standard InChI is InChI=1S/C16H16ClNO/c1-12-14(17)8-5-9-15(12)18-11-10-16(19)13-6-3-2-4-7-13/h2-9,18H,10-11H2,1H3. The van der Waals surface area contributed by atoms with Gasteiger partial charge in [-0.2, -0.15) is 0 Å². The van der Waals surface area contributed by atoms with Crippen LogP contribution in [0.1, 0.15) is 22.3 Å². The van der Waals surface area contributed by atoms with Crippen molar-refractivity contribution in [1.29, 1.82) is 0 Å². The number of carbonyl (C=O) groups is 1. The zero-order valence-corrected chi connectivity index (χ0v) is 11.6. The van der Waals surface area contributed by atoms with Crippen LogP contribution in [0, 0.1) is 6.92 Å². The van der Waals surface area contributed by atoms with E-state index < -0.39 is 0 Å². The fraction of sp³-hybridized carbons (Fsp3) is 0.188. The largest absolute Gasteiger partial charge is 0.384 e. The van der Waals surface area contributed by atoms with Crippen molar-refractivity contribution in [2.75, 3.05) is 11.9 Å². The van der Waals surface area contributed by atoms with Crippen LogP contribution in [0.5, 0.6) is 0 Å². The predicted octanol–water partition coefficient (Wildman–Crippen LogP) is 4.33. The van der Waals surface area contributed by atoms with Crippen molar-refractivity contribution >= 4 is 23.1 Å². The molecular weight excluding hydrogens is 258 g/mol. The summed E-state index contributed by atoms with van der Waals surface area (Å²) in [6.45, 7) is 2.57. The molecule has 0 saturated heterocycles. The molecule has 0 atom stereocenters. The highest BCUT2D eigenvalue weighted by molar-refractivity contribution is 6.31. The first-order valence-electron chi connectivity index (χ1n) is 6.25. The summed E-state index contributed by atoms with van der Waals surface area (Å²) in [7, 11) is 0. The van der Waals surface area contributed by atoms with Gasteiger partial charge in [-0.1, -0.05) is 48.0 Å². The van der Waals surface area contributed by atoms with Crippen LogP contribution >= 0.6 is 11.6 Å². The molecule has 0 radical (unpaired) electrons. The number of nitrogens with one attached hydrogen (secondary N) is 1. The second kappa shape index (κ2) is 6.39. The molecule has 0 bridgehead atoms. The summed E-state index contributed by atoms with van der Waals surface area (Å²) >= 11 is 6.04.